The molecule has 2 fully saturated rings. The van der Waals surface area contributed by atoms with E-state index >= 15 is 0 Å². The molecule has 0 spiro atoms. The van der Waals surface area contributed by atoms with Gasteiger partial charge < -0.3 is 20.4 Å². The van der Waals surface area contributed by atoms with Crippen LogP contribution in [0.15, 0.2) is 29.3 Å². The lowest BCUT2D eigenvalue weighted by Crippen LogP contribution is -2.49. The second-order valence-electron chi connectivity index (χ2n) is 8.65. The quantitative estimate of drug-likeness (QED) is 0.530. The SMILES string of the molecule is CN=C(NCc1ccccc1CN1CCCC1=O)NCC1(C(=O)N(C)C)CCCC1. The highest BCUT2D eigenvalue weighted by atomic mass is 16.2. The summed E-state index contributed by atoms with van der Waals surface area (Å²) >= 11 is 0. The summed E-state index contributed by atoms with van der Waals surface area (Å²) in [6, 6.07) is 8.21. The molecule has 7 nitrogen and oxygen atoms in total. The molecule has 164 valence electrons. The zero-order valence-corrected chi connectivity index (χ0v) is 18.5. The Bertz CT molecular complexity index is 784. The Hall–Kier alpha value is -2.57. The fraction of sp³-hybridized carbons (Fsp3) is 0.609. The monoisotopic (exact) mass is 413 g/mol. The first-order valence-corrected chi connectivity index (χ1v) is 11.0. The van der Waals surface area contributed by atoms with Gasteiger partial charge in [-0.2, -0.15) is 0 Å². The lowest BCUT2D eigenvalue weighted by atomic mass is 9.84. The van der Waals surface area contributed by atoms with Crippen molar-refractivity contribution in [1.29, 1.82) is 0 Å². The molecular formula is C23H35N5O2. The van der Waals surface area contributed by atoms with Crippen molar-refractivity contribution in [1.82, 2.24) is 20.4 Å². The van der Waals surface area contributed by atoms with Crippen LogP contribution in [0.1, 0.15) is 49.7 Å². The van der Waals surface area contributed by atoms with Crippen LogP contribution in [0.5, 0.6) is 0 Å². The minimum absolute atomic E-state index is 0.198. The van der Waals surface area contributed by atoms with Gasteiger partial charge in [-0.05, 0) is 30.4 Å². The molecule has 0 aromatic heterocycles. The second kappa shape index (κ2) is 9.96. The number of guanidine groups is 1. The molecule has 0 atom stereocenters. The minimum Gasteiger partial charge on any atom is -0.355 e. The molecule has 7 heteroatoms. The Labute approximate surface area is 179 Å². The molecule has 2 N–H and O–H groups in total. The standard InChI is InChI=1S/C23H35N5O2/c1-24-22(26-17-23(12-6-7-13-23)21(30)27(2)3)25-15-18-9-4-5-10-19(18)16-28-14-8-11-20(28)29/h4-5,9-10H,6-8,11-17H2,1-3H3,(H2,24,25,26). The summed E-state index contributed by atoms with van der Waals surface area (Å²) in [5.74, 6) is 1.13. The molecule has 1 saturated heterocycles. The number of nitrogens with one attached hydrogen (secondary N) is 2. The van der Waals surface area contributed by atoms with Gasteiger partial charge in [-0.3, -0.25) is 14.6 Å². The first kappa shape index (κ1) is 22.1. The third-order valence-electron chi connectivity index (χ3n) is 6.34. The summed E-state index contributed by atoms with van der Waals surface area (Å²) < 4.78 is 0. The third-order valence-corrected chi connectivity index (χ3v) is 6.34. The summed E-state index contributed by atoms with van der Waals surface area (Å²) in [7, 11) is 5.41. The number of amides is 2. The maximum Gasteiger partial charge on any atom is 0.230 e. The number of likely N-dealkylation sites (tertiary alicyclic amines) is 1. The van der Waals surface area contributed by atoms with Crippen molar-refractivity contribution in [2.45, 2.75) is 51.6 Å². The number of carbonyl (C=O) groups is 2. The number of benzene rings is 1. The van der Waals surface area contributed by atoms with E-state index in [1.807, 2.05) is 31.1 Å². The van der Waals surface area contributed by atoms with Crippen LogP contribution >= 0.6 is 0 Å². The largest absolute Gasteiger partial charge is 0.355 e. The van der Waals surface area contributed by atoms with Crippen LogP contribution in [0.2, 0.25) is 0 Å². The zero-order chi connectivity index (χ0) is 21.6. The molecule has 1 aliphatic heterocycles. The maximum atomic E-state index is 12.8. The van der Waals surface area contributed by atoms with Crippen LogP contribution in [0.4, 0.5) is 0 Å². The first-order chi connectivity index (χ1) is 14.4. The molecule has 2 aliphatic rings. The Morgan fingerprint density at radius 3 is 2.43 bits per heavy atom. The summed E-state index contributed by atoms with van der Waals surface area (Å²) in [5.41, 5.74) is 1.97. The van der Waals surface area contributed by atoms with Gasteiger partial charge in [-0.1, -0.05) is 37.1 Å². The molecule has 1 aliphatic carbocycles. The van der Waals surface area contributed by atoms with Crippen LogP contribution in [0.3, 0.4) is 0 Å². The van der Waals surface area contributed by atoms with E-state index < -0.39 is 0 Å². The molecule has 0 radical (unpaired) electrons. The number of nitrogens with zero attached hydrogens (tertiary/aromatic N) is 3. The highest BCUT2D eigenvalue weighted by Gasteiger charge is 2.42. The lowest BCUT2D eigenvalue weighted by Gasteiger charge is -2.31. The zero-order valence-electron chi connectivity index (χ0n) is 18.5. The van der Waals surface area contributed by atoms with Crippen molar-refractivity contribution in [2.24, 2.45) is 10.4 Å². The number of hydrogen-bond acceptors (Lipinski definition) is 3. The second-order valence-corrected chi connectivity index (χ2v) is 8.65. The third kappa shape index (κ3) is 5.12. The van der Waals surface area contributed by atoms with Gasteiger partial charge >= 0.3 is 0 Å². The summed E-state index contributed by atoms with van der Waals surface area (Å²) in [6.07, 6.45) is 5.63. The predicted octanol–water partition coefficient (Wildman–Crippen LogP) is 2.12. The number of aliphatic imine (C=N–C) groups is 1. The number of carbonyl (C=O) groups excluding carboxylic acids is 2. The molecule has 1 saturated carbocycles. The topological polar surface area (TPSA) is 77.0 Å². The minimum atomic E-state index is -0.338. The highest BCUT2D eigenvalue weighted by molar-refractivity contribution is 5.85. The van der Waals surface area contributed by atoms with Crippen LogP contribution < -0.4 is 10.6 Å². The fourth-order valence-electron chi connectivity index (χ4n) is 4.61. The predicted molar refractivity (Wildman–Crippen MR) is 119 cm³/mol. The van der Waals surface area contributed by atoms with Gasteiger partial charge in [-0.25, -0.2) is 0 Å². The van der Waals surface area contributed by atoms with Crippen molar-refractivity contribution in [2.75, 3.05) is 34.2 Å². The Kier molecular flexibility index (Phi) is 7.34. The van der Waals surface area contributed by atoms with E-state index in [2.05, 4.69) is 27.8 Å². The van der Waals surface area contributed by atoms with Crippen molar-refractivity contribution >= 4 is 17.8 Å². The smallest absolute Gasteiger partial charge is 0.230 e. The van der Waals surface area contributed by atoms with E-state index in [1.165, 1.54) is 0 Å². The van der Waals surface area contributed by atoms with Gasteiger partial charge in [0, 0.05) is 53.7 Å². The van der Waals surface area contributed by atoms with E-state index in [0.29, 0.717) is 32.0 Å². The summed E-state index contributed by atoms with van der Waals surface area (Å²) in [4.78, 5) is 32.8. The summed E-state index contributed by atoms with van der Waals surface area (Å²) in [5, 5.41) is 6.77. The van der Waals surface area contributed by atoms with Crippen molar-refractivity contribution in [3.8, 4) is 0 Å². The van der Waals surface area contributed by atoms with Crippen LogP contribution in [-0.2, 0) is 22.7 Å². The van der Waals surface area contributed by atoms with E-state index in [0.717, 1.165) is 49.8 Å². The molecule has 1 aromatic rings. The van der Waals surface area contributed by atoms with E-state index in [1.54, 1.807) is 11.9 Å². The fourth-order valence-corrected chi connectivity index (χ4v) is 4.61. The molecule has 3 rings (SSSR count). The number of rotatable bonds is 7. The highest BCUT2D eigenvalue weighted by Crippen LogP contribution is 2.38. The van der Waals surface area contributed by atoms with Gasteiger partial charge in [-0.15, -0.1) is 0 Å². The van der Waals surface area contributed by atoms with Gasteiger partial charge in [0.05, 0.1) is 5.41 Å². The van der Waals surface area contributed by atoms with Crippen molar-refractivity contribution < 1.29 is 9.59 Å². The van der Waals surface area contributed by atoms with Gasteiger partial charge in [0.2, 0.25) is 11.8 Å². The van der Waals surface area contributed by atoms with Crippen molar-refractivity contribution in [3.05, 3.63) is 35.4 Å². The van der Waals surface area contributed by atoms with Gasteiger partial charge in [0.15, 0.2) is 5.96 Å². The Morgan fingerprint density at radius 2 is 1.83 bits per heavy atom. The van der Waals surface area contributed by atoms with Crippen LogP contribution in [-0.4, -0.2) is 61.8 Å². The van der Waals surface area contributed by atoms with Crippen LogP contribution in [0, 0.1) is 5.41 Å². The van der Waals surface area contributed by atoms with Crippen molar-refractivity contribution in [3.63, 3.8) is 0 Å². The molecule has 2 amide bonds. The number of hydrogen-bond donors (Lipinski definition) is 2. The van der Waals surface area contributed by atoms with Gasteiger partial charge in [0.25, 0.3) is 0 Å². The van der Waals surface area contributed by atoms with Crippen LogP contribution in [0.25, 0.3) is 0 Å². The van der Waals surface area contributed by atoms with E-state index in [4.69, 9.17) is 0 Å². The molecule has 0 bridgehead atoms. The summed E-state index contributed by atoms with van der Waals surface area (Å²) in [6.45, 7) is 2.70. The normalized spacial score (nSPS) is 18.6. The average molecular weight is 414 g/mol. The lowest BCUT2D eigenvalue weighted by molar-refractivity contribution is -0.138. The molecule has 1 heterocycles. The molecule has 1 aromatic carbocycles. The Balaban J connectivity index is 1.59. The first-order valence-electron chi connectivity index (χ1n) is 11.0. The van der Waals surface area contributed by atoms with E-state index in [-0.39, 0.29) is 17.2 Å². The maximum absolute atomic E-state index is 12.8. The molecule has 0 unspecified atom stereocenters. The Morgan fingerprint density at radius 1 is 1.13 bits per heavy atom. The van der Waals surface area contributed by atoms with E-state index in [9.17, 15) is 9.59 Å². The molecular weight excluding hydrogens is 378 g/mol. The molecule has 30 heavy (non-hydrogen) atoms. The van der Waals surface area contributed by atoms with Gasteiger partial charge in [0.1, 0.15) is 0 Å². The average Bonchev–Trinajstić information content (AvgIpc) is 3.38.